The molecule has 1 N–H and O–H groups in total. The Balaban J connectivity index is 2.07. The molecule has 0 aromatic rings. The quantitative estimate of drug-likeness (QED) is 0.723. The molecule has 2 nitrogen and oxygen atoms in total. The molecule has 0 bridgehead atoms. The normalized spacial score (nSPS) is 27.6. The molecule has 1 aliphatic heterocycles. The van der Waals surface area contributed by atoms with Crippen LogP contribution in [0.5, 0.6) is 0 Å². The van der Waals surface area contributed by atoms with E-state index in [2.05, 4.69) is 49.7 Å². The number of nitrogens with zero attached hydrogens (tertiary/aromatic N) is 1. The Hall–Kier alpha value is 0.270. The number of rotatable bonds is 6. The lowest BCUT2D eigenvalue weighted by Gasteiger charge is -2.37. The average molecular weight is 244 g/mol. The summed E-state index contributed by atoms with van der Waals surface area (Å²) >= 11 is 2.12. The summed E-state index contributed by atoms with van der Waals surface area (Å²) < 4.78 is 0. The zero-order valence-electron chi connectivity index (χ0n) is 11.3. The van der Waals surface area contributed by atoms with E-state index in [0.29, 0.717) is 6.04 Å². The molecule has 2 atom stereocenters. The van der Waals surface area contributed by atoms with E-state index in [-0.39, 0.29) is 0 Å². The molecule has 0 saturated carbocycles. The number of thioether (sulfide) groups is 1. The fourth-order valence-electron chi connectivity index (χ4n) is 2.14. The number of hydrogen-bond donors (Lipinski definition) is 1. The maximum atomic E-state index is 3.48. The second-order valence-electron chi connectivity index (χ2n) is 5.17. The topological polar surface area (TPSA) is 15.3 Å². The Kier molecular flexibility index (Phi) is 6.78. The highest BCUT2D eigenvalue weighted by Crippen LogP contribution is 2.24. The van der Waals surface area contributed by atoms with E-state index in [4.69, 9.17) is 0 Å². The van der Waals surface area contributed by atoms with Crippen LogP contribution in [0.25, 0.3) is 0 Å². The van der Waals surface area contributed by atoms with Crippen molar-refractivity contribution in [1.82, 2.24) is 10.2 Å². The highest BCUT2D eigenvalue weighted by molar-refractivity contribution is 8.00. The van der Waals surface area contributed by atoms with E-state index >= 15 is 0 Å². The monoisotopic (exact) mass is 244 g/mol. The van der Waals surface area contributed by atoms with Crippen LogP contribution in [-0.2, 0) is 0 Å². The van der Waals surface area contributed by atoms with E-state index in [0.717, 1.165) is 11.3 Å². The van der Waals surface area contributed by atoms with E-state index in [9.17, 15) is 0 Å². The number of unbranched alkanes of at least 4 members (excludes halogenated alkanes) is 1. The molecule has 1 aliphatic rings. The van der Waals surface area contributed by atoms with Crippen LogP contribution in [0.2, 0.25) is 0 Å². The molecule has 1 fully saturated rings. The fourth-order valence-corrected chi connectivity index (χ4v) is 3.30. The van der Waals surface area contributed by atoms with Crippen molar-refractivity contribution in [2.45, 2.75) is 57.9 Å². The molecule has 1 saturated heterocycles. The lowest BCUT2D eigenvalue weighted by atomic mass is 10.2. The van der Waals surface area contributed by atoms with Crippen LogP contribution in [0.3, 0.4) is 0 Å². The first-order valence-corrected chi connectivity index (χ1v) is 7.75. The van der Waals surface area contributed by atoms with Crippen LogP contribution in [0.1, 0.15) is 40.5 Å². The first kappa shape index (κ1) is 14.3. The summed E-state index contributed by atoms with van der Waals surface area (Å²) in [5, 5.41) is 4.29. The van der Waals surface area contributed by atoms with Crippen LogP contribution in [-0.4, -0.2) is 47.6 Å². The zero-order chi connectivity index (χ0) is 12.0. The average Bonchev–Trinajstić information content (AvgIpc) is 2.23. The molecule has 0 amide bonds. The van der Waals surface area contributed by atoms with Crippen molar-refractivity contribution < 1.29 is 0 Å². The molecule has 16 heavy (non-hydrogen) atoms. The molecule has 3 heteroatoms. The van der Waals surface area contributed by atoms with Gasteiger partial charge in [-0.3, -0.25) is 4.90 Å². The minimum Gasteiger partial charge on any atom is -0.315 e. The molecule has 0 spiro atoms. The zero-order valence-corrected chi connectivity index (χ0v) is 12.1. The minimum atomic E-state index is 0.630. The van der Waals surface area contributed by atoms with Crippen LogP contribution in [0.4, 0.5) is 0 Å². The molecule has 2 unspecified atom stereocenters. The largest absolute Gasteiger partial charge is 0.315 e. The predicted molar refractivity (Wildman–Crippen MR) is 75.3 cm³/mol. The molecule has 1 heterocycles. The number of hydrogen-bond acceptors (Lipinski definition) is 3. The van der Waals surface area contributed by atoms with Crippen LogP contribution >= 0.6 is 11.8 Å². The molecule has 96 valence electrons. The summed E-state index contributed by atoms with van der Waals surface area (Å²) in [7, 11) is 0. The Labute approximate surface area is 106 Å². The lowest BCUT2D eigenvalue weighted by molar-refractivity contribution is 0.209. The smallest absolute Gasteiger partial charge is 0.0184 e. The van der Waals surface area contributed by atoms with E-state index in [1.54, 1.807) is 0 Å². The van der Waals surface area contributed by atoms with Crippen molar-refractivity contribution in [3.8, 4) is 0 Å². The summed E-state index contributed by atoms with van der Waals surface area (Å²) in [4.78, 5) is 2.66. The van der Waals surface area contributed by atoms with Gasteiger partial charge in [-0.15, -0.1) is 0 Å². The van der Waals surface area contributed by atoms with Crippen molar-refractivity contribution in [2.24, 2.45) is 0 Å². The van der Waals surface area contributed by atoms with Gasteiger partial charge in [0.05, 0.1) is 0 Å². The van der Waals surface area contributed by atoms with E-state index < -0.39 is 0 Å². The second-order valence-corrected chi connectivity index (χ2v) is 6.65. The summed E-state index contributed by atoms with van der Waals surface area (Å²) in [5.41, 5.74) is 0. The molecule has 0 aromatic carbocycles. The van der Waals surface area contributed by atoms with Crippen molar-refractivity contribution in [3.05, 3.63) is 0 Å². The number of nitrogens with one attached hydrogen (secondary N) is 1. The SMILES string of the molecule is CC(C)NCCCCN1CCSC(C)C1C. The van der Waals surface area contributed by atoms with Crippen LogP contribution in [0.15, 0.2) is 0 Å². The van der Waals surface area contributed by atoms with Crippen molar-refractivity contribution in [1.29, 1.82) is 0 Å². The summed E-state index contributed by atoms with van der Waals surface area (Å²) in [6.45, 7) is 12.9. The summed E-state index contributed by atoms with van der Waals surface area (Å²) in [5.74, 6) is 1.32. The second kappa shape index (κ2) is 7.57. The maximum absolute atomic E-state index is 3.48. The van der Waals surface area contributed by atoms with Gasteiger partial charge in [-0.25, -0.2) is 0 Å². The Bertz CT molecular complexity index is 185. The van der Waals surface area contributed by atoms with E-state index in [1.807, 2.05) is 0 Å². The van der Waals surface area contributed by atoms with Crippen LogP contribution < -0.4 is 5.32 Å². The van der Waals surface area contributed by atoms with Crippen molar-refractivity contribution in [2.75, 3.05) is 25.4 Å². The lowest BCUT2D eigenvalue weighted by Crippen LogP contribution is -2.45. The Morgan fingerprint density at radius 1 is 1.31 bits per heavy atom. The third kappa shape index (κ3) is 5.07. The molecule has 0 aliphatic carbocycles. The van der Waals surface area contributed by atoms with Gasteiger partial charge in [0.2, 0.25) is 0 Å². The van der Waals surface area contributed by atoms with Gasteiger partial charge >= 0.3 is 0 Å². The predicted octanol–water partition coefficient (Wildman–Crippen LogP) is 2.59. The van der Waals surface area contributed by atoms with Gasteiger partial charge < -0.3 is 5.32 Å². The standard InChI is InChI=1S/C13H28N2S/c1-11(2)14-7-5-6-8-15-9-10-16-13(4)12(15)3/h11-14H,5-10H2,1-4H3. The van der Waals surface area contributed by atoms with Crippen LogP contribution in [0, 0.1) is 0 Å². The third-order valence-corrected chi connectivity index (χ3v) is 4.78. The third-order valence-electron chi connectivity index (χ3n) is 3.44. The highest BCUT2D eigenvalue weighted by Gasteiger charge is 2.24. The molecular weight excluding hydrogens is 216 g/mol. The fraction of sp³-hybridized carbons (Fsp3) is 1.00. The molecular formula is C13H28N2S. The Morgan fingerprint density at radius 3 is 2.75 bits per heavy atom. The summed E-state index contributed by atoms with van der Waals surface area (Å²) in [6, 6.07) is 1.39. The molecule has 1 rings (SSSR count). The van der Waals surface area contributed by atoms with Gasteiger partial charge in [-0.2, -0.15) is 11.8 Å². The first-order chi connectivity index (χ1) is 7.61. The van der Waals surface area contributed by atoms with Gasteiger partial charge in [0.15, 0.2) is 0 Å². The van der Waals surface area contributed by atoms with Gasteiger partial charge in [-0.05, 0) is 32.9 Å². The van der Waals surface area contributed by atoms with Gasteiger partial charge in [0.25, 0.3) is 0 Å². The Morgan fingerprint density at radius 2 is 2.06 bits per heavy atom. The van der Waals surface area contributed by atoms with Crippen molar-refractivity contribution >= 4 is 11.8 Å². The summed E-state index contributed by atoms with van der Waals surface area (Å²) in [6.07, 6.45) is 2.64. The van der Waals surface area contributed by atoms with Gasteiger partial charge in [0, 0.05) is 29.6 Å². The maximum Gasteiger partial charge on any atom is 0.0184 e. The van der Waals surface area contributed by atoms with E-state index in [1.165, 1.54) is 38.2 Å². The highest BCUT2D eigenvalue weighted by atomic mass is 32.2. The van der Waals surface area contributed by atoms with Crippen molar-refractivity contribution in [3.63, 3.8) is 0 Å². The minimum absolute atomic E-state index is 0.630. The molecule has 0 aromatic heterocycles. The molecule has 0 radical (unpaired) electrons. The van der Waals surface area contributed by atoms with Gasteiger partial charge in [0.1, 0.15) is 0 Å². The first-order valence-electron chi connectivity index (χ1n) is 6.70. The van der Waals surface area contributed by atoms with Gasteiger partial charge in [-0.1, -0.05) is 20.8 Å².